The number of pyridine rings is 1. The lowest BCUT2D eigenvalue weighted by Crippen LogP contribution is -2.41. The fourth-order valence-corrected chi connectivity index (χ4v) is 4.32. The molecule has 4 N–H and O–H groups in total. The van der Waals surface area contributed by atoms with Crippen LogP contribution in [-0.4, -0.2) is 71.4 Å². The minimum absolute atomic E-state index is 0.273. The first kappa shape index (κ1) is 28.0. The number of hydrogen-bond acceptors (Lipinski definition) is 6. The molecule has 4 aromatic rings. The number of nitrogens with one attached hydrogen (secondary N) is 4. The van der Waals surface area contributed by atoms with E-state index in [9.17, 15) is 27.2 Å². The Balaban J connectivity index is 1.26. The number of carbonyl (C=O) groups excluding carboxylic acids is 2. The van der Waals surface area contributed by atoms with Crippen molar-refractivity contribution in [2.75, 3.05) is 50.0 Å². The van der Waals surface area contributed by atoms with Crippen molar-refractivity contribution in [3.8, 4) is 11.3 Å². The fraction of sp³-hybridized carbons (Fsp3) is 0.259. The molecule has 0 saturated carbocycles. The van der Waals surface area contributed by atoms with E-state index in [1.807, 2.05) is 0 Å². The maximum atomic E-state index is 14.0. The molecule has 1 saturated heterocycles. The van der Waals surface area contributed by atoms with Gasteiger partial charge in [0.25, 0.3) is 5.91 Å². The largest absolute Gasteiger partial charge is 0.416 e. The average Bonchev–Trinajstić information content (AvgIpc) is 3.43. The molecule has 14 heteroatoms. The summed E-state index contributed by atoms with van der Waals surface area (Å²) in [6.07, 6.45) is -3.16. The van der Waals surface area contributed by atoms with Gasteiger partial charge in [0.15, 0.2) is 5.65 Å². The van der Waals surface area contributed by atoms with Crippen LogP contribution in [0.4, 0.5) is 33.7 Å². The van der Waals surface area contributed by atoms with Crippen molar-refractivity contribution in [2.24, 2.45) is 0 Å². The normalized spacial score (nSPS) is 14.1. The highest BCUT2D eigenvalue weighted by molar-refractivity contribution is 6.06. The van der Waals surface area contributed by atoms with Gasteiger partial charge in [-0.15, -0.1) is 0 Å². The van der Waals surface area contributed by atoms with Gasteiger partial charge in [-0.3, -0.25) is 14.8 Å². The highest BCUT2D eigenvalue weighted by Crippen LogP contribution is 2.32. The van der Waals surface area contributed by atoms with Crippen molar-refractivity contribution >= 4 is 34.3 Å². The van der Waals surface area contributed by atoms with Gasteiger partial charge in [0.1, 0.15) is 5.82 Å². The SMILES string of the molecule is O=C(Nc1ccc(-c2cc(C(=O)NCCN3CCOCC3)c3cn[nH]c3n2)cc1)Nc1cc(C(F)(F)F)ccc1F. The molecule has 0 spiro atoms. The van der Waals surface area contributed by atoms with Crippen LogP contribution < -0.4 is 16.0 Å². The van der Waals surface area contributed by atoms with Crippen LogP contribution in [0.15, 0.2) is 54.7 Å². The number of H-pyrrole nitrogens is 1. The van der Waals surface area contributed by atoms with E-state index >= 15 is 0 Å². The van der Waals surface area contributed by atoms with Gasteiger partial charge in [0, 0.05) is 37.4 Å². The number of carbonyl (C=O) groups is 2. The number of halogens is 4. The highest BCUT2D eigenvalue weighted by atomic mass is 19.4. The van der Waals surface area contributed by atoms with Gasteiger partial charge in [0.2, 0.25) is 0 Å². The zero-order chi connectivity index (χ0) is 29.0. The van der Waals surface area contributed by atoms with Crippen LogP contribution >= 0.6 is 0 Å². The number of aromatic amines is 1. The minimum Gasteiger partial charge on any atom is -0.379 e. The van der Waals surface area contributed by atoms with Crippen LogP contribution in [0, 0.1) is 5.82 Å². The van der Waals surface area contributed by atoms with E-state index in [-0.39, 0.29) is 5.91 Å². The van der Waals surface area contributed by atoms with Crippen molar-refractivity contribution in [3.63, 3.8) is 0 Å². The standard InChI is InChI=1S/C27H25F4N7O3/c28-21-6-3-17(27(29,30)31)13-23(21)36-26(40)34-18-4-1-16(2-5-18)22-14-19(20-15-33-37-24(20)35-22)25(39)32-7-8-38-9-11-41-12-10-38/h1-6,13-15H,7-12H2,(H,32,39)(H,33,35,37)(H2,34,36,40). The van der Waals surface area contributed by atoms with E-state index in [1.165, 1.54) is 18.3 Å². The van der Waals surface area contributed by atoms with Crippen LogP contribution in [0.1, 0.15) is 15.9 Å². The van der Waals surface area contributed by atoms with E-state index in [4.69, 9.17) is 4.74 Å². The summed E-state index contributed by atoms with van der Waals surface area (Å²) in [7, 11) is 0. The Bertz CT molecular complexity index is 1550. The topological polar surface area (TPSA) is 124 Å². The zero-order valence-corrected chi connectivity index (χ0v) is 21.5. The average molecular weight is 572 g/mol. The van der Waals surface area contributed by atoms with Crippen molar-refractivity contribution < 1.29 is 31.9 Å². The van der Waals surface area contributed by atoms with Crippen molar-refractivity contribution in [1.82, 2.24) is 25.4 Å². The molecule has 2 aromatic heterocycles. The second kappa shape index (κ2) is 11.9. The molecule has 0 radical (unpaired) electrons. The third-order valence-electron chi connectivity index (χ3n) is 6.47. The van der Waals surface area contributed by atoms with Crippen molar-refractivity contribution in [1.29, 1.82) is 0 Å². The number of ether oxygens (including phenoxy) is 1. The Morgan fingerprint density at radius 2 is 1.78 bits per heavy atom. The molecular weight excluding hydrogens is 546 g/mol. The summed E-state index contributed by atoms with van der Waals surface area (Å²) in [5.41, 5.74) is 0.506. The number of fused-ring (bicyclic) bond motifs is 1. The summed E-state index contributed by atoms with van der Waals surface area (Å²) in [6, 6.07) is 8.83. The Morgan fingerprint density at radius 3 is 2.51 bits per heavy atom. The first-order valence-electron chi connectivity index (χ1n) is 12.6. The molecule has 3 heterocycles. The maximum Gasteiger partial charge on any atom is 0.416 e. The first-order valence-corrected chi connectivity index (χ1v) is 12.6. The molecule has 214 valence electrons. The molecule has 1 aliphatic heterocycles. The summed E-state index contributed by atoms with van der Waals surface area (Å²) in [6.45, 7) is 4.13. The van der Waals surface area contributed by atoms with E-state index in [1.54, 1.807) is 18.2 Å². The lowest BCUT2D eigenvalue weighted by molar-refractivity contribution is -0.137. The Morgan fingerprint density at radius 1 is 1.02 bits per heavy atom. The van der Waals surface area contributed by atoms with Crippen LogP contribution in [0.5, 0.6) is 0 Å². The van der Waals surface area contributed by atoms with Gasteiger partial charge in [-0.05, 0) is 36.4 Å². The molecule has 0 bridgehead atoms. The Kier molecular flexibility index (Phi) is 8.12. The number of nitrogens with zero attached hydrogens (tertiary/aromatic N) is 3. The molecule has 1 aliphatic rings. The smallest absolute Gasteiger partial charge is 0.379 e. The number of rotatable bonds is 7. The van der Waals surface area contributed by atoms with Gasteiger partial charge in [-0.2, -0.15) is 18.3 Å². The lowest BCUT2D eigenvalue weighted by Gasteiger charge is -2.26. The number of amides is 3. The summed E-state index contributed by atoms with van der Waals surface area (Å²) >= 11 is 0. The Hall–Kier alpha value is -4.56. The quantitative estimate of drug-likeness (QED) is 0.243. The molecule has 0 atom stereocenters. The van der Waals surface area contributed by atoms with Crippen molar-refractivity contribution in [3.05, 3.63) is 71.7 Å². The van der Waals surface area contributed by atoms with Gasteiger partial charge < -0.3 is 20.7 Å². The molecular formula is C27H25F4N7O3. The lowest BCUT2D eigenvalue weighted by atomic mass is 10.1. The van der Waals surface area contributed by atoms with E-state index in [0.29, 0.717) is 78.0 Å². The summed E-state index contributed by atoms with van der Waals surface area (Å²) in [4.78, 5) is 32.1. The third kappa shape index (κ3) is 6.78. The monoisotopic (exact) mass is 571 g/mol. The second-order valence-electron chi connectivity index (χ2n) is 9.25. The molecule has 10 nitrogen and oxygen atoms in total. The number of urea groups is 1. The second-order valence-corrected chi connectivity index (χ2v) is 9.25. The highest BCUT2D eigenvalue weighted by Gasteiger charge is 2.31. The number of alkyl halides is 3. The predicted molar refractivity (Wildman–Crippen MR) is 143 cm³/mol. The molecule has 5 rings (SSSR count). The molecule has 3 amide bonds. The molecule has 2 aromatic carbocycles. The number of hydrogen-bond donors (Lipinski definition) is 4. The minimum atomic E-state index is -4.69. The van der Waals surface area contributed by atoms with E-state index in [0.717, 1.165) is 13.1 Å². The van der Waals surface area contributed by atoms with Gasteiger partial charge >= 0.3 is 12.2 Å². The summed E-state index contributed by atoms with van der Waals surface area (Å²) in [5.74, 6) is -1.28. The molecule has 0 unspecified atom stereocenters. The van der Waals surface area contributed by atoms with E-state index in [2.05, 4.69) is 36.0 Å². The van der Waals surface area contributed by atoms with Crippen LogP contribution in [0.3, 0.4) is 0 Å². The summed E-state index contributed by atoms with van der Waals surface area (Å²) in [5, 5.41) is 14.8. The predicted octanol–water partition coefficient (Wildman–Crippen LogP) is 4.49. The van der Waals surface area contributed by atoms with E-state index < -0.39 is 29.3 Å². The maximum absolute atomic E-state index is 14.0. The Labute approximate surface area is 231 Å². The van der Waals surface area contributed by atoms with Crippen molar-refractivity contribution in [2.45, 2.75) is 6.18 Å². The number of aromatic nitrogens is 3. The molecule has 41 heavy (non-hydrogen) atoms. The fourth-order valence-electron chi connectivity index (χ4n) is 4.32. The third-order valence-corrected chi connectivity index (χ3v) is 6.47. The van der Waals surface area contributed by atoms with Crippen LogP contribution in [-0.2, 0) is 10.9 Å². The summed E-state index contributed by atoms with van der Waals surface area (Å²) < 4.78 is 58.1. The molecule has 0 aliphatic carbocycles. The van der Waals surface area contributed by atoms with Gasteiger partial charge in [-0.25, -0.2) is 14.2 Å². The number of benzene rings is 2. The molecule has 1 fully saturated rings. The van der Waals surface area contributed by atoms with Gasteiger partial charge in [0.05, 0.1) is 47.3 Å². The van der Waals surface area contributed by atoms with Crippen LogP contribution in [0.25, 0.3) is 22.3 Å². The number of morpholine rings is 1. The van der Waals surface area contributed by atoms with Crippen LogP contribution in [0.2, 0.25) is 0 Å². The van der Waals surface area contributed by atoms with Gasteiger partial charge in [-0.1, -0.05) is 12.1 Å². The number of anilines is 2. The first-order chi connectivity index (χ1) is 19.7. The zero-order valence-electron chi connectivity index (χ0n) is 21.5.